The Kier molecular flexibility index (Phi) is 12.3. The van der Waals surface area contributed by atoms with Gasteiger partial charge in [0.1, 0.15) is 17.7 Å². The Hall–Kier alpha value is -3.10. The lowest BCUT2D eigenvalue weighted by atomic mass is 10.00. The van der Waals surface area contributed by atoms with E-state index < -0.39 is 42.2 Å². The number of benzene rings is 2. The highest BCUT2D eigenvalue weighted by Gasteiger charge is 2.36. The highest BCUT2D eigenvalue weighted by atomic mass is 35.5. The normalized spacial score (nSPS) is 12.8. The van der Waals surface area contributed by atoms with Crippen molar-refractivity contribution >= 4 is 35.2 Å². The summed E-state index contributed by atoms with van der Waals surface area (Å²) in [7, 11) is 0. The Labute approximate surface area is 237 Å². The van der Waals surface area contributed by atoms with Gasteiger partial charge in [-0.2, -0.15) is 0 Å². The summed E-state index contributed by atoms with van der Waals surface area (Å²) in [5.74, 6) is -1.04. The van der Waals surface area contributed by atoms with Gasteiger partial charge in [0.2, 0.25) is 5.91 Å². The van der Waals surface area contributed by atoms with Gasteiger partial charge in [-0.25, -0.2) is 4.79 Å². The number of aliphatic hydroxyl groups excluding tert-OH is 1. The second-order valence-electron chi connectivity index (χ2n) is 10.7. The predicted octanol–water partition coefficient (Wildman–Crippen LogP) is 5.93. The van der Waals surface area contributed by atoms with Crippen LogP contribution in [-0.2, 0) is 14.3 Å². The fourth-order valence-electron chi connectivity index (χ4n) is 4.21. The molecule has 9 heteroatoms. The summed E-state index contributed by atoms with van der Waals surface area (Å²) in [6.45, 7) is 10.5. The Morgan fingerprint density at radius 2 is 1.74 bits per heavy atom. The molecule has 2 aromatic carbocycles. The third kappa shape index (κ3) is 9.86. The fraction of sp³-hybridized carbons (Fsp3) is 0.500. The van der Waals surface area contributed by atoms with Gasteiger partial charge in [-0.15, -0.1) is 0 Å². The maximum atomic E-state index is 13.9. The molecule has 2 atom stereocenters. The van der Waals surface area contributed by atoms with Crippen LogP contribution in [0.1, 0.15) is 76.1 Å². The number of carbonyl (C=O) groups is 3. The van der Waals surface area contributed by atoms with Gasteiger partial charge in [-0.1, -0.05) is 79.7 Å². The second-order valence-corrected chi connectivity index (χ2v) is 11.1. The van der Waals surface area contributed by atoms with Gasteiger partial charge in [0.15, 0.2) is 0 Å². The fourth-order valence-corrected chi connectivity index (χ4v) is 4.47. The predicted molar refractivity (Wildman–Crippen MR) is 155 cm³/mol. The third-order valence-corrected chi connectivity index (χ3v) is 6.41. The minimum atomic E-state index is -1.30. The monoisotopic (exact) mass is 559 g/mol. The summed E-state index contributed by atoms with van der Waals surface area (Å²) >= 11 is 6.40. The molecule has 0 spiro atoms. The van der Waals surface area contributed by atoms with Crippen molar-refractivity contribution < 1.29 is 24.2 Å². The molecule has 2 unspecified atom stereocenters. The smallest absolute Gasteiger partial charge is 0.408 e. The van der Waals surface area contributed by atoms with Crippen LogP contribution in [-0.4, -0.2) is 52.7 Å². The average Bonchev–Trinajstić information content (AvgIpc) is 2.85. The van der Waals surface area contributed by atoms with E-state index in [9.17, 15) is 19.5 Å². The van der Waals surface area contributed by atoms with E-state index in [1.807, 2.05) is 38.1 Å². The van der Waals surface area contributed by atoms with Crippen LogP contribution in [0.2, 0.25) is 5.02 Å². The number of amides is 3. The van der Waals surface area contributed by atoms with Gasteiger partial charge >= 0.3 is 6.09 Å². The highest BCUT2D eigenvalue weighted by Crippen LogP contribution is 2.30. The molecule has 39 heavy (non-hydrogen) atoms. The number of nitrogens with one attached hydrogen (secondary N) is 2. The van der Waals surface area contributed by atoms with Crippen molar-refractivity contribution in [2.75, 3.05) is 18.5 Å². The molecule has 0 aromatic heterocycles. The summed E-state index contributed by atoms with van der Waals surface area (Å²) in [5, 5.41) is 15.9. The first-order valence-corrected chi connectivity index (χ1v) is 13.8. The lowest BCUT2D eigenvalue weighted by Crippen LogP contribution is -2.54. The quantitative estimate of drug-likeness (QED) is 0.279. The standard InChI is InChI=1S/C30H42ClN3O5/c1-7-8-9-10-17-34(28(37)24(19-35)32-29(38)39-30(4,5)6)26(22-15-11-13-20(2)18-22)27(36)33-25-21(3)14-12-16-23(25)31/h11-16,18,24,26,35H,7-10,17,19H2,1-6H3,(H,32,38)(H,33,36). The van der Waals surface area contributed by atoms with Gasteiger partial charge in [0, 0.05) is 6.54 Å². The molecule has 0 aliphatic rings. The van der Waals surface area contributed by atoms with Crippen LogP contribution in [0.25, 0.3) is 0 Å². The second kappa shape index (κ2) is 14.9. The molecule has 0 bridgehead atoms. The zero-order chi connectivity index (χ0) is 29.2. The molecule has 2 aromatic rings. The van der Waals surface area contributed by atoms with Gasteiger partial charge in [-0.3, -0.25) is 9.59 Å². The Bertz CT molecular complexity index is 1110. The van der Waals surface area contributed by atoms with Crippen LogP contribution >= 0.6 is 11.6 Å². The first kappa shape index (κ1) is 32.1. The maximum Gasteiger partial charge on any atom is 0.408 e. The number of carbonyl (C=O) groups excluding carboxylic acids is 3. The van der Waals surface area contributed by atoms with Crippen LogP contribution in [0.4, 0.5) is 10.5 Å². The van der Waals surface area contributed by atoms with E-state index in [-0.39, 0.29) is 6.54 Å². The number of rotatable bonds is 12. The molecule has 0 saturated heterocycles. The number of anilines is 1. The lowest BCUT2D eigenvalue weighted by molar-refractivity contribution is -0.141. The van der Waals surface area contributed by atoms with Gasteiger partial charge in [-0.05, 0) is 58.2 Å². The summed E-state index contributed by atoms with van der Waals surface area (Å²) < 4.78 is 5.30. The van der Waals surface area contributed by atoms with Crippen LogP contribution in [0.5, 0.6) is 0 Å². The maximum absolute atomic E-state index is 13.9. The van der Waals surface area contributed by atoms with E-state index in [2.05, 4.69) is 17.6 Å². The molecule has 0 aliphatic heterocycles. The summed E-state index contributed by atoms with van der Waals surface area (Å²) in [6, 6.07) is 10.4. The number of para-hydroxylation sites is 1. The number of aryl methyl sites for hydroxylation is 2. The molecule has 0 saturated carbocycles. The number of alkyl carbamates (subject to hydrolysis) is 1. The Morgan fingerprint density at radius 1 is 1.05 bits per heavy atom. The highest BCUT2D eigenvalue weighted by molar-refractivity contribution is 6.34. The number of aliphatic hydroxyl groups is 1. The number of ether oxygens (including phenoxy) is 1. The van der Waals surface area contributed by atoms with Crippen molar-refractivity contribution in [3.05, 3.63) is 64.2 Å². The van der Waals surface area contributed by atoms with Crippen molar-refractivity contribution in [3.63, 3.8) is 0 Å². The van der Waals surface area contributed by atoms with Crippen LogP contribution < -0.4 is 10.6 Å². The molecule has 0 fully saturated rings. The molecule has 8 nitrogen and oxygen atoms in total. The average molecular weight is 560 g/mol. The zero-order valence-electron chi connectivity index (χ0n) is 23.8. The molecule has 3 N–H and O–H groups in total. The molecular formula is C30H42ClN3O5. The number of hydrogen-bond acceptors (Lipinski definition) is 5. The van der Waals surface area contributed by atoms with Crippen LogP contribution in [0.3, 0.4) is 0 Å². The van der Waals surface area contributed by atoms with Crippen molar-refractivity contribution in [3.8, 4) is 0 Å². The van der Waals surface area contributed by atoms with Gasteiger partial charge < -0.3 is 25.4 Å². The first-order valence-electron chi connectivity index (χ1n) is 13.4. The van der Waals surface area contributed by atoms with Crippen molar-refractivity contribution in [1.82, 2.24) is 10.2 Å². The summed E-state index contributed by atoms with van der Waals surface area (Å²) in [5.41, 5.74) is 1.98. The molecule has 214 valence electrons. The SMILES string of the molecule is CCCCCCN(C(=O)C(CO)NC(=O)OC(C)(C)C)C(C(=O)Nc1c(C)cccc1Cl)c1cccc(C)c1. The van der Waals surface area contributed by atoms with Crippen LogP contribution in [0.15, 0.2) is 42.5 Å². The molecule has 0 aliphatic carbocycles. The van der Waals surface area contributed by atoms with E-state index in [1.54, 1.807) is 39.0 Å². The van der Waals surface area contributed by atoms with Crippen molar-refractivity contribution in [2.45, 2.75) is 84.9 Å². The Balaban J connectivity index is 2.52. The van der Waals surface area contributed by atoms with Gasteiger partial charge in [0.25, 0.3) is 5.91 Å². The van der Waals surface area contributed by atoms with E-state index in [1.165, 1.54) is 4.90 Å². The lowest BCUT2D eigenvalue weighted by Gasteiger charge is -2.34. The van der Waals surface area contributed by atoms with E-state index in [0.29, 0.717) is 22.7 Å². The van der Waals surface area contributed by atoms with E-state index >= 15 is 0 Å². The molecule has 2 rings (SSSR count). The third-order valence-electron chi connectivity index (χ3n) is 6.10. The molecule has 3 amide bonds. The van der Waals surface area contributed by atoms with E-state index in [4.69, 9.17) is 16.3 Å². The number of nitrogens with zero attached hydrogens (tertiary/aromatic N) is 1. The number of hydrogen-bond donors (Lipinski definition) is 3. The summed E-state index contributed by atoms with van der Waals surface area (Å²) in [6.07, 6.45) is 2.65. The van der Waals surface area contributed by atoms with E-state index in [0.717, 1.165) is 30.4 Å². The largest absolute Gasteiger partial charge is 0.444 e. The summed E-state index contributed by atoms with van der Waals surface area (Å²) in [4.78, 5) is 41.8. The number of unbranched alkanes of at least 4 members (excludes halogenated alkanes) is 3. The molecule has 0 radical (unpaired) electrons. The van der Waals surface area contributed by atoms with Gasteiger partial charge in [0.05, 0.1) is 17.3 Å². The van der Waals surface area contributed by atoms with Crippen molar-refractivity contribution in [2.24, 2.45) is 0 Å². The molecular weight excluding hydrogens is 518 g/mol. The van der Waals surface area contributed by atoms with Crippen LogP contribution in [0, 0.1) is 13.8 Å². The topological polar surface area (TPSA) is 108 Å². The zero-order valence-corrected chi connectivity index (χ0v) is 24.6. The minimum absolute atomic E-state index is 0.249. The Morgan fingerprint density at radius 3 is 2.33 bits per heavy atom. The van der Waals surface area contributed by atoms with Crippen molar-refractivity contribution in [1.29, 1.82) is 0 Å². The number of halogens is 1. The molecule has 0 heterocycles. The first-order chi connectivity index (χ1) is 18.4. The minimum Gasteiger partial charge on any atom is -0.444 e.